The Morgan fingerprint density at radius 2 is 1.72 bits per heavy atom. The largest absolute Gasteiger partial charge is 0.355 e. The summed E-state index contributed by atoms with van der Waals surface area (Å²) in [5.41, 5.74) is 5.65. The fourth-order valence-electron chi connectivity index (χ4n) is 8.51. The summed E-state index contributed by atoms with van der Waals surface area (Å²) in [7, 11) is 0. The molecule has 8 rings (SSSR count). The molecular formula is C31H27N3O2. The molecule has 5 heteroatoms. The maximum atomic E-state index is 13.8. The number of fused-ring (bicyclic) bond motifs is 2. The summed E-state index contributed by atoms with van der Waals surface area (Å²) in [4.78, 5) is 33.7. The first-order valence-corrected chi connectivity index (χ1v) is 13.0. The van der Waals surface area contributed by atoms with Crippen molar-refractivity contribution in [3.8, 4) is 11.3 Å². The van der Waals surface area contributed by atoms with Gasteiger partial charge in [0.25, 0.3) is 5.91 Å². The van der Waals surface area contributed by atoms with E-state index in [0.717, 1.165) is 70.4 Å². The lowest BCUT2D eigenvalue weighted by molar-refractivity contribution is -0.176. The first-order valence-electron chi connectivity index (χ1n) is 13.0. The molecule has 4 aliphatic rings. The van der Waals surface area contributed by atoms with Crippen LogP contribution in [-0.2, 0) is 0 Å². The normalized spacial score (nSPS) is 30.9. The standard InChI is InChI=1S/C31H27N3O2/c35-28(30-14-23-12-22-13-24(15-30)31(22,23)17-30)19-5-8-26-21(10-19)11-27(34-26)18-3-6-25(7-4-18)33-29(36)20-2-1-9-32-16-20/h1-11,16,22-24,34H,12-15,17H2,(H,33,36)/t22?,23-,24?,30?,31?/m0/s1. The number of nitrogens with one attached hydrogen (secondary N) is 2. The molecule has 1 amide bonds. The molecule has 1 spiro atoms. The summed E-state index contributed by atoms with van der Waals surface area (Å²) in [5.74, 6) is 2.77. The predicted molar refractivity (Wildman–Crippen MR) is 139 cm³/mol. The van der Waals surface area contributed by atoms with Crippen LogP contribution in [0.3, 0.4) is 0 Å². The number of pyridine rings is 1. The lowest BCUT2D eigenvalue weighted by Crippen LogP contribution is -2.59. The number of benzene rings is 2. The van der Waals surface area contributed by atoms with Gasteiger partial charge >= 0.3 is 0 Å². The van der Waals surface area contributed by atoms with Crippen LogP contribution in [-0.4, -0.2) is 21.7 Å². The number of rotatable bonds is 5. The second-order valence-electron chi connectivity index (χ2n) is 11.6. The van der Waals surface area contributed by atoms with E-state index in [1.807, 2.05) is 30.3 Å². The molecule has 0 radical (unpaired) electrons. The number of aromatic nitrogens is 2. The van der Waals surface area contributed by atoms with Crippen molar-refractivity contribution in [2.24, 2.45) is 28.6 Å². The van der Waals surface area contributed by atoms with Gasteiger partial charge in [-0.1, -0.05) is 12.1 Å². The number of carbonyl (C=O) groups is 2. The summed E-state index contributed by atoms with van der Waals surface area (Å²) in [6, 6.07) is 19.6. The fraction of sp³-hybridized carbons (Fsp3) is 0.323. The van der Waals surface area contributed by atoms with E-state index in [2.05, 4.69) is 33.5 Å². The number of carbonyl (C=O) groups excluding carboxylic acids is 2. The smallest absolute Gasteiger partial charge is 0.257 e. The highest BCUT2D eigenvalue weighted by atomic mass is 16.1. The number of hydrogen-bond donors (Lipinski definition) is 2. The van der Waals surface area contributed by atoms with Gasteiger partial charge in [0.15, 0.2) is 5.78 Å². The maximum Gasteiger partial charge on any atom is 0.257 e. The van der Waals surface area contributed by atoms with Gasteiger partial charge in [0.1, 0.15) is 0 Å². The molecule has 0 aliphatic heterocycles. The van der Waals surface area contributed by atoms with E-state index in [-0.39, 0.29) is 11.3 Å². The molecule has 5 atom stereocenters. The van der Waals surface area contributed by atoms with Crippen molar-refractivity contribution in [3.63, 3.8) is 0 Å². The molecule has 4 unspecified atom stereocenters. The Morgan fingerprint density at radius 1 is 0.917 bits per heavy atom. The second-order valence-corrected chi connectivity index (χ2v) is 11.6. The molecule has 4 aromatic rings. The summed E-state index contributed by atoms with van der Waals surface area (Å²) in [6.07, 6.45) is 9.35. The maximum absolute atomic E-state index is 13.8. The summed E-state index contributed by atoms with van der Waals surface area (Å²) in [5, 5.41) is 3.98. The number of Topliss-reactive ketones (excluding diaryl/α,β-unsaturated/α-hetero) is 1. The van der Waals surface area contributed by atoms with E-state index < -0.39 is 0 Å². The van der Waals surface area contributed by atoms with Crippen LogP contribution >= 0.6 is 0 Å². The Balaban J connectivity index is 1.03. The highest BCUT2D eigenvalue weighted by Crippen LogP contribution is 2.84. The fourth-order valence-corrected chi connectivity index (χ4v) is 8.51. The van der Waals surface area contributed by atoms with E-state index >= 15 is 0 Å². The Morgan fingerprint density at radius 3 is 2.42 bits per heavy atom. The van der Waals surface area contributed by atoms with Crippen molar-refractivity contribution in [2.45, 2.75) is 32.1 Å². The Bertz CT molecular complexity index is 1540. The van der Waals surface area contributed by atoms with Crippen LogP contribution in [0.1, 0.15) is 52.8 Å². The van der Waals surface area contributed by atoms with E-state index in [4.69, 9.17) is 0 Å². The van der Waals surface area contributed by atoms with Gasteiger partial charge < -0.3 is 10.3 Å². The van der Waals surface area contributed by atoms with Crippen LogP contribution in [0, 0.1) is 28.6 Å². The number of nitrogens with zero attached hydrogens (tertiary/aromatic N) is 1. The lowest BCUT2D eigenvalue weighted by Gasteiger charge is -2.66. The minimum absolute atomic E-state index is 0.0938. The van der Waals surface area contributed by atoms with Crippen LogP contribution in [0.4, 0.5) is 5.69 Å². The van der Waals surface area contributed by atoms with E-state index in [0.29, 0.717) is 16.8 Å². The van der Waals surface area contributed by atoms with Gasteiger partial charge in [0, 0.05) is 45.7 Å². The quantitative estimate of drug-likeness (QED) is 0.325. The van der Waals surface area contributed by atoms with Gasteiger partial charge in [-0.25, -0.2) is 0 Å². The zero-order chi connectivity index (χ0) is 24.1. The molecule has 4 aliphatic carbocycles. The Kier molecular flexibility index (Phi) is 3.94. The highest BCUT2D eigenvalue weighted by molar-refractivity contribution is 6.05. The van der Waals surface area contributed by atoms with Gasteiger partial charge in [-0.2, -0.15) is 0 Å². The topological polar surface area (TPSA) is 74.8 Å². The van der Waals surface area contributed by atoms with Crippen LogP contribution in [0.5, 0.6) is 0 Å². The van der Waals surface area contributed by atoms with Gasteiger partial charge in [-0.3, -0.25) is 14.6 Å². The first-order chi connectivity index (χ1) is 17.5. The Hall–Kier alpha value is -3.73. The van der Waals surface area contributed by atoms with Crippen LogP contribution < -0.4 is 5.32 Å². The number of aromatic amines is 1. The van der Waals surface area contributed by atoms with Crippen LogP contribution in [0.2, 0.25) is 0 Å². The summed E-state index contributed by atoms with van der Waals surface area (Å²) in [6.45, 7) is 0. The molecule has 0 saturated heterocycles. The predicted octanol–water partition coefficient (Wildman–Crippen LogP) is 6.49. The van der Waals surface area contributed by atoms with Crippen LogP contribution in [0.15, 0.2) is 73.1 Å². The van der Waals surface area contributed by atoms with Crippen molar-refractivity contribution in [1.82, 2.24) is 9.97 Å². The third-order valence-electron chi connectivity index (χ3n) is 10.1. The van der Waals surface area contributed by atoms with Gasteiger partial charge in [-0.15, -0.1) is 0 Å². The molecular weight excluding hydrogens is 446 g/mol. The highest BCUT2D eigenvalue weighted by Gasteiger charge is 2.78. The molecule has 2 aromatic heterocycles. The summed E-state index contributed by atoms with van der Waals surface area (Å²) < 4.78 is 0. The molecule has 4 saturated carbocycles. The van der Waals surface area contributed by atoms with Crippen molar-refractivity contribution < 1.29 is 9.59 Å². The van der Waals surface area contributed by atoms with Gasteiger partial charge in [0.05, 0.1) is 5.56 Å². The SMILES string of the molecule is O=C(Nc1ccc(-c2cc3cc(C(=O)C45CC6CC7C[C@@H](C4)C76C5)ccc3[nH]2)cc1)c1cccnc1. The van der Waals surface area contributed by atoms with Crippen molar-refractivity contribution in [2.75, 3.05) is 5.32 Å². The van der Waals surface area contributed by atoms with E-state index in [1.54, 1.807) is 24.5 Å². The van der Waals surface area contributed by atoms with Crippen molar-refractivity contribution in [1.29, 1.82) is 0 Å². The minimum Gasteiger partial charge on any atom is -0.355 e. The molecule has 2 aromatic carbocycles. The zero-order valence-electron chi connectivity index (χ0n) is 20.0. The number of amides is 1. The molecule has 2 N–H and O–H groups in total. The second kappa shape index (κ2) is 6.94. The molecule has 2 heterocycles. The third kappa shape index (κ3) is 2.63. The molecule has 5 nitrogen and oxygen atoms in total. The third-order valence-corrected chi connectivity index (χ3v) is 10.1. The molecule has 2 bridgehead atoms. The number of ketones is 1. The number of H-pyrrole nitrogens is 1. The average molecular weight is 474 g/mol. The Labute approximate surface area is 209 Å². The number of anilines is 1. The van der Waals surface area contributed by atoms with Crippen molar-refractivity contribution in [3.05, 3.63) is 84.2 Å². The molecule has 178 valence electrons. The first kappa shape index (κ1) is 20.5. The zero-order valence-corrected chi connectivity index (χ0v) is 20.0. The average Bonchev–Trinajstić information content (AvgIpc) is 3.55. The van der Waals surface area contributed by atoms with Crippen molar-refractivity contribution >= 4 is 28.3 Å². The van der Waals surface area contributed by atoms with E-state index in [9.17, 15) is 9.59 Å². The van der Waals surface area contributed by atoms with Gasteiger partial charge in [-0.05, 0) is 109 Å². The van der Waals surface area contributed by atoms with E-state index in [1.165, 1.54) is 12.8 Å². The van der Waals surface area contributed by atoms with Crippen LogP contribution in [0.25, 0.3) is 22.2 Å². The number of hydrogen-bond acceptors (Lipinski definition) is 3. The van der Waals surface area contributed by atoms with Gasteiger partial charge in [0.2, 0.25) is 0 Å². The summed E-state index contributed by atoms with van der Waals surface area (Å²) >= 11 is 0. The molecule has 4 fully saturated rings. The minimum atomic E-state index is -0.182. The lowest BCUT2D eigenvalue weighted by atomic mass is 9.38. The molecule has 36 heavy (non-hydrogen) atoms. The monoisotopic (exact) mass is 473 g/mol.